The Kier molecular flexibility index (Phi) is 4.05. The summed E-state index contributed by atoms with van der Waals surface area (Å²) in [7, 11) is 0. The number of hydrogen-bond acceptors (Lipinski definition) is 3. The molecule has 0 unspecified atom stereocenters. The van der Waals surface area contributed by atoms with Crippen LogP contribution in [0.4, 0.5) is 8.78 Å². The van der Waals surface area contributed by atoms with Crippen molar-refractivity contribution in [2.75, 3.05) is 12.4 Å². The molecule has 3 nitrogen and oxygen atoms in total. The van der Waals surface area contributed by atoms with Crippen molar-refractivity contribution in [1.82, 2.24) is 0 Å². The molecule has 82 valence electrons. The van der Waals surface area contributed by atoms with E-state index in [1.165, 1.54) is 0 Å². The van der Waals surface area contributed by atoms with Gasteiger partial charge in [-0.15, -0.1) is 11.8 Å². The zero-order valence-electron chi connectivity index (χ0n) is 7.54. The van der Waals surface area contributed by atoms with Crippen LogP contribution in [0.15, 0.2) is 17.0 Å². The first-order valence-corrected chi connectivity index (χ1v) is 5.01. The maximum absolute atomic E-state index is 13.2. The second-order valence-corrected chi connectivity index (χ2v) is 3.75. The van der Waals surface area contributed by atoms with Crippen LogP contribution < -0.4 is 0 Å². The summed E-state index contributed by atoms with van der Waals surface area (Å²) in [4.78, 5) is 10.2. The first kappa shape index (κ1) is 11.9. The minimum absolute atomic E-state index is 0.153. The zero-order chi connectivity index (χ0) is 11.4. The average Bonchev–Trinajstić information content (AvgIpc) is 2.16. The Bertz CT molecular complexity index is 359. The molecule has 0 bridgehead atoms. The third-order valence-corrected chi connectivity index (χ3v) is 2.65. The molecule has 6 heteroatoms. The average molecular weight is 234 g/mol. The van der Waals surface area contributed by atoms with E-state index < -0.39 is 23.2 Å². The number of aromatic carboxylic acids is 1. The lowest BCUT2D eigenvalue weighted by atomic mass is 10.2. The number of rotatable bonds is 4. The van der Waals surface area contributed by atoms with Crippen molar-refractivity contribution in [3.63, 3.8) is 0 Å². The van der Waals surface area contributed by atoms with Crippen molar-refractivity contribution >= 4 is 17.7 Å². The number of hydrogen-bond donors (Lipinski definition) is 2. The number of aliphatic hydroxyl groups excluding tert-OH is 1. The molecule has 0 saturated heterocycles. The summed E-state index contributed by atoms with van der Waals surface area (Å²) in [6.07, 6.45) is 0. The van der Waals surface area contributed by atoms with Crippen LogP contribution in [-0.4, -0.2) is 28.5 Å². The Labute approximate surface area is 88.7 Å². The fraction of sp³-hybridized carbons (Fsp3) is 0.222. The van der Waals surface area contributed by atoms with E-state index in [9.17, 15) is 13.6 Å². The largest absolute Gasteiger partial charge is 0.478 e. The molecule has 0 saturated carbocycles. The molecule has 0 atom stereocenters. The van der Waals surface area contributed by atoms with E-state index in [4.69, 9.17) is 10.2 Å². The number of carboxylic acids is 1. The van der Waals surface area contributed by atoms with E-state index in [1.54, 1.807) is 0 Å². The minimum Gasteiger partial charge on any atom is -0.478 e. The van der Waals surface area contributed by atoms with Crippen LogP contribution in [0, 0.1) is 11.6 Å². The molecule has 0 aromatic heterocycles. The summed E-state index contributed by atoms with van der Waals surface area (Å²) in [5.74, 6) is -3.08. The van der Waals surface area contributed by atoms with Crippen LogP contribution in [0.2, 0.25) is 0 Å². The SMILES string of the molecule is O=C(O)c1cc(F)c(SCCO)c(F)c1. The van der Waals surface area contributed by atoms with Gasteiger partial charge in [0.2, 0.25) is 0 Å². The van der Waals surface area contributed by atoms with Crippen LogP contribution >= 0.6 is 11.8 Å². The van der Waals surface area contributed by atoms with Crippen LogP contribution in [0.5, 0.6) is 0 Å². The monoisotopic (exact) mass is 234 g/mol. The van der Waals surface area contributed by atoms with E-state index in [0.29, 0.717) is 0 Å². The number of aliphatic hydroxyl groups is 1. The zero-order valence-corrected chi connectivity index (χ0v) is 8.35. The molecular weight excluding hydrogens is 226 g/mol. The van der Waals surface area contributed by atoms with Gasteiger partial charge in [-0.3, -0.25) is 0 Å². The number of carbonyl (C=O) groups is 1. The predicted molar refractivity (Wildman–Crippen MR) is 51.1 cm³/mol. The summed E-state index contributed by atoms with van der Waals surface area (Å²) >= 11 is 0.801. The van der Waals surface area contributed by atoms with Crippen LogP contribution in [-0.2, 0) is 0 Å². The van der Waals surface area contributed by atoms with Crippen molar-refractivity contribution in [1.29, 1.82) is 0 Å². The fourth-order valence-corrected chi connectivity index (χ4v) is 1.66. The molecule has 0 aliphatic heterocycles. The predicted octanol–water partition coefficient (Wildman–Crippen LogP) is 1.75. The number of thioether (sulfide) groups is 1. The molecule has 1 aromatic rings. The molecule has 0 aliphatic rings. The van der Waals surface area contributed by atoms with Crippen LogP contribution in [0.3, 0.4) is 0 Å². The van der Waals surface area contributed by atoms with Crippen molar-refractivity contribution in [3.05, 3.63) is 29.3 Å². The highest BCUT2D eigenvalue weighted by molar-refractivity contribution is 7.99. The van der Waals surface area contributed by atoms with Gasteiger partial charge in [-0.25, -0.2) is 13.6 Å². The van der Waals surface area contributed by atoms with Crippen molar-refractivity contribution in [2.45, 2.75) is 4.90 Å². The van der Waals surface area contributed by atoms with Gasteiger partial charge < -0.3 is 10.2 Å². The van der Waals surface area contributed by atoms with Gasteiger partial charge >= 0.3 is 5.97 Å². The standard InChI is InChI=1S/C9H8F2O3S/c10-6-3-5(9(13)14)4-7(11)8(6)15-2-1-12/h3-4,12H,1-2H2,(H,13,14). The van der Waals surface area contributed by atoms with Crippen molar-refractivity contribution in [2.24, 2.45) is 0 Å². The number of carboxylic acid groups (broad SMARTS) is 1. The highest BCUT2D eigenvalue weighted by Crippen LogP contribution is 2.26. The second kappa shape index (κ2) is 5.09. The highest BCUT2D eigenvalue weighted by atomic mass is 32.2. The normalized spacial score (nSPS) is 10.3. The third kappa shape index (κ3) is 2.90. The Hall–Kier alpha value is -1.14. The first-order valence-electron chi connectivity index (χ1n) is 4.02. The molecule has 0 amide bonds. The molecule has 15 heavy (non-hydrogen) atoms. The summed E-state index contributed by atoms with van der Waals surface area (Å²) in [6, 6.07) is 1.51. The first-order chi connectivity index (χ1) is 7.06. The Morgan fingerprint density at radius 2 is 1.87 bits per heavy atom. The molecule has 0 aliphatic carbocycles. The topological polar surface area (TPSA) is 57.5 Å². The quantitative estimate of drug-likeness (QED) is 0.779. The van der Waals surface area contributed by atoms with Gasteiger partial charge in [0.15, 0.2) is 0 Å². The summed E-state index contributed by atoms with van der Waals surface area (Å²) in [5, 5.41) is 17.0. The van der Waals surface area contributed by atoms with Gasteiger partial charge in [-0.1, -0.05) is 0 Å². The summed E-state index contributed by atoms with van der Waals surface area (Å²) in [6.45, 7) is -0.204. The number of benzene rings is 1. The van der Waals surface area contributed by atoms with E-state index in [2.05, 4.69) is 0 Å². The molecular formula is C9H8F2O3S. The van der Waals surface area contributed by atoms with Gasteiger partial charge in [0.05, 0.1) is 17.1 Å². The van der Waals surface area contributed by atoms with E-state index in [0.717, 1.165) is 23.9 Å². The molecule has 1 aromatic carbocycles. The van der Waals surface area contributed by atoms with Gasteiger partial charge in [-0.05, 0) is 12.1 Å². The lowest BCUT2D eigenvalue weighted by molar-refractivity contribution is 0.0695. The van der Waals surface area contributed by atoms with Crippen LogP contribution in [0.25, 0.3) is 0 Å². The summed E-state index contributed by atoms with van der Waals surface area (Å²) in [5.41, 5.74) is -0.432. The van der Waals surface area contributed by atoms with Gasteiger partial charge in [0.1, 0.15) is 11.6 Å². The molecule has 2 N–H and O–H groups in total. The van der Waals surface area contributed by atoms with Crippen molar-refractivity contribution < 1.29 is 23.8 Å². The van der Waals surface area contributed by atoms with Gasteiger partial charge in [0.25, 0.3) is 0 Å². The van der Waals surface area contributed by atoms with E-state index in [1.807, 2.05) is 0 Å². The lowest BCUT2D eigenvalue weighted by Gasteiger charge is -2.04. The molecule has 0 heterocycles. The highest BCUT2D eigenvalue weighted by Gasteiger charge is 2.14. The second-order valence-electron chi connectivity index (χ2n) is 2.65. The molecule has 0 spiro atoms. The summed E-state index contributed by atoms with van der Waals surface area (Å²) < 4.78 is 26.4. The van der Waals surface area contributed by atoms with Gasteiger partial charge in [0, 0.05) is 5.75 Å². The Morgan fingerprint density at radius 1 is 1.33 bits per heavy atom. The molecule has 0 radical (unpaired) electrons. The smallest absolute Gasteiger partial charge is 0.335 e. The number of halogens is 2. The maximum Gasteiger partial charge on any atom is 0.335 e. The lowest BCUT2D eigenvalue weighted by Crippen LogP contribution is -2.00. The van der Waals surface area contributed by atoms with E-state index >= 15 is 0 Å². The molecule has 0 fully saturated rings. The maximum atomic E-state index is 13.2. The fourth-order valence-electron chi connectivity index (χ4n) is 0.969. The minimum atomic E-state index is -1.38. The van der Waals surface area contributed by atoms with Crippen LogP contribution in [0.1, 0.15) is 10.4 Å². The van der Waals surface area contributed by atoms with Crippen molar-refractivity contribution in [3.8, 4) is 0 Å². The third-order valence-electron chi connectivity index (χ3n) is 1.58. The van der Waals surface area contributed by atoms with Gasteiger partial charge in [-0.2, -0.15) is 0 Å². The molecule has 1 rings (SSSR count). The Morgan fingerprint density at radius 3 is 2.27 bits per heavy atom. The Balaban J connectivity index is 3.04. The van der Waals surface area contributed by atoms with E-state index in [-0.39, 0.29) is 17.3 Å².